The van der Waals surface area contributed by atoms with Crippen LogP contribution in [0.5, 0.6) is 0 Å². The number of hydrogen-bond donors (Lipinski definition) is 2. The van der Waals surface area contributed by atoms with Crippen molar-refractivity contribution in [1.82, 2.24) is 19.9 Å². The fourth-order valence-electron chi connectivity index (χ4n) is 4.39. The first-order valence-electron chi connectivity index (χ1n) is 12.1. The minimum absolute atomic E-state index is 0.0530. The Bertz CT molecular complexity index is 1300. The van der Waals surface area contributed by atoms with Crippen LogP contribution in [0.2, 0.25) is 0 Å². The quantitative estimate of drug-likeness (QED) is 0.520. The first kappa shape index (κ1) is 24.8. The van der Waals surface area contributed by atoms with Gasteiger partial charge in [-0.25, -0.2) is 4.98 Å². The number of aryl methyl sites for hydroxylation is 2. The van der Waals surface area contributed by atoms with Gasteiger partial charge in [0, 0.05) is 24.8 Å². The average Bonchev–Trinajstić information content (AvgIpc) is 3.27. The van der Waals surface area contributed by atoms with Gasteiger partial charge in [0.15, 0.2) is 10.8 Å². The Hall–Kier alpha value is -3.27. The predicted octanol–water partition coefficient (Wildman–Crippen LogP) is 3.10. The summed E-state index contributed by atoms with van der Waals surface area (Å²) >= 11 is 1.27. The van der Waals surface area contributed by atoms with E-state index in [1.807, 2.05) is 45.9 Å². The molecule has 0 radical (unpaired) electrons. The SMILES string of the molecule is CCc1cccc(C)c1NC(=O)Cn1cnc2nc(N3CCC[C@H](C(=O)NC(C)C)C3)sc2c1=O. The number of piperidine rings is 1. The second kappa shape index (κ2) is 10.6. The van der Waals surface area contributed by atoms with E-state index in [4.69, 9.17) is 0 Å². The molecule has 2 amide bonds. The Morgan fingerprint density at radius 3 is 2.83 bits per heavy atom. The number of nitrogens with one attached hydrogen (secondary N) is 2. The van der Waals surface area contributed by atoms with Crippen molar-refractivity contribution in [2.75, 3.05) is 23.3 Å². The van der Waals surface area contributed by atoms with Crippen LogP contribution in [-0.2, 0) is 22.6 Å². The molecular formula is C25H32N6O3S. The number of aromatic nitrogens is 3. The van der Waals surface area contributed by atoms with Crippen LogP contribution in [-0.4, -0.2) is 45.5 Å². The van der Waals surface area contributed by atoms with Gasteiger partial charge < -0.3 is 15.5 Å². The van der Waals surface area contributed by atoms with Gasteiger partial charge in [-0.05, 0) is 51.2 Å². The fraction of sp³-hybridized carbons (Fsp3) is 0.480. The number of rotatable bonds is 7. The van der Waals surface area contributed by atoms with Gasteiger partial charge in [-0.3, -0.25) is 19.0 Å². The number of carbonyl (C=O) groups excluding carboxylic acids is 2. The predicted molar refractivity (Wildman–Crippen MR) is 139 cm³/mol. The Kier molecular flexibility index (Phi) is 7.49. The summed E-state index contributed by atoms with van der Waals surface area (Å²) in [5.41, 5.74) is 2.90. The highest BCUT2D eigenvalue weighted by atomic mass is 32.1. The summed E-state index contributed by atoms with van der Waals surface area (Å²) in [7, 11) is 0. The standard InChI is InChI=1S/C25H32N6O3S/c1-5-17-9-6-8-16(4)20(17)28-19(32)13-31-14-26-22-21(24(31)34)35-25(29-22)30-11-7-10-18(12-30)23(33)27-15(2)3/h6,8-9,14-15,18H,5,7,10-13H2,1-4H3,(H,27,33)(H,28,32)/t18-/m0/s1. The maximum atomic E-state index is 13.1. The van der Waals surface area contributed by atoms with Crippen molar-refractivity contribution in [1.29, 1.82) is 0 Å². The van der Waals surface area contributed by atoms with Crippen LogP contribution in [0.3, 0.4) is 0 Å². The van der Waals surface area contributed by atoms with E-state index in [2.05, 4.69) is 25.5 Å². The first-order chi connectivity index (χ1) is 16.8. The van der Waals surface area contributed by atoms with Crippen LogP contribution in [0.25, 0.3) is 10.3 Å². The Balaban J connectivity index is 1.51. The normalized spacial score (nSPS) is 16.0. The molecule has 0 unspecified atom stereocenters. The molecule has 2 aromatic heterocycles. The van der Waals surface area contributed by atoms with Crippen molar-refractivity contribution in [3.63, 3.8) is 0 Å². The van der Waals surface area contributed by atoms with E-state index >= 15 is 0 Å². The van der Waals surface area contributed by atoms with Gasteiger partial charge in [-0.15, -0.1) is 0 Å². The first-order valence-corrected chi connectivity index (χ1v) is 12.9. The van der Waals surface area contributed by atoms with Gasteiger partial charge in [0.25, 0.3) is 5.56 Å². The molecule has 0 spiro atoms. The Labute approximate surface area is 208 Å². The van der Waals surface area contributed by atoms with E-state index in [9.17, 15) is 14.4 Å². The average molecular weight is 497 g/mol. The maximum absolute atomic E-state index is 13.1. The smallest absolute Gasteiger partial charge is 0.273 e. The molecule has 3 aromatic rings. The van der Waals surface area contributed by atoms with E-state index < -0.39 is 0 Å². The van der Waals surface area contributed by atoms with Crippen molar-refractivity contribution in [2.24, 2.45) is 5.92 Å². The molecule has 35 heavy (non-hydrogen) atoms. The molecular weight excluding hydrogens is 464 g/mol. The largest absolute Gasteiger partial charge is 0.354 e. The minimum atomic E-state index is -0.291. The number of para-hydroxylation sites is 1. The van der Waals surface area contributed by atoms with Gasteiger partial charge in [0.2, 0.25) is 11.8 Å². The van der Waals surface area contributed by atoms with E-state index in [0.717, 1.165) is 42.6 Å². The molecule has 0 bridgehead atoms. The molecule has 1 saturated heterocycles. The number of thiazole rings is 1. The molecule has 1 aliphatic rings. The highest BCUT2D eigenvalue weighted by Crippen LogP contribution is 2.29. The van der Waals surface area contributed by atoms with E-state index in [1.54, 1.807) is 0 Å². The highest BCUT2D eigenvalue weighted by molar-refractivity contribution is 7.22. The van der Waals surface area contributed by atoms with E-state index in [1.165, 1.54) is 22.2 Å². The molecule has 1 atom stereocenters. The van der Waals surface area contributed by atoms with Crippen molar-refractivity contribution in [3.8, 4) is 0 Å². The second-order valence-electron chi connectivity index (χ2n) is 9.29. The van der Waals surface area contributed by atoms with Crippen molar-refractivity contribution < 1.29 is 9.59 Å². The van der Waals surface area contributed by atoms with Gasteiger partial charge in [-0.1, -0.05) is 36.5 Å². The summed E-state index contributed by atoms with van der Waals surface area (Å²) in [5, 5.41) is 6.62. The molecule has 1 aliphatic heterocycles. The van der Waals surface area contributed by atoms with E-state index in [-0.39, 0.29) is 35.9 Å². The molecule has 3 heterocycles. The number of fused-ring (bicyclic) bond motifs is 1. The van der Waals surface area contributed by atoms with Gasteiger partial charge in [0.05, 0.1) is 5.92 Å². The molecule has 4 rings (SSSR count). The second-order valence-corrected chi connectivity index (χ2v) is 10.3. The molecule has 0 saturated carbocycles. The number of benzene rings is 1. The van der Waals surface area contributed by atoms with Gasteiger partial charge in [0.1, 0.15) is 17.6 Å². The third kappa shape index (κ3) is 5.53. The third-order valence-corrected chi connectivity index (χ3v) is 7.28. The summed E-state index contributed by atoms with van der Waals surface area (Å²) in [6, 6.07) is 6.00. The molecule has 0 aliphatic carbocycles. The van der Waals surface area contributed by atoms with Crippen LogP contribution >= 0.6 is 11.3 Å². The highest BCUT2D eigenvalue weighted by Gasteiger charge is 2.28. The van der Waals surface area contributed by atoms with Crippen LogP contribution in [0.4, 0.5) is 10.8 Å². The Morgan fingerprint density at radius 1 is 1.29 bits per heavy atom. The van der Waals surface area contributed by atoms with Crippen molar-refractivity contribution in [2.45, 2.75) is 59.5 Å². The van der Waals surface area contributed by atoms with Crippen LogP contribution in [0, 0.1) is 12.8 Å². The summed E-state index contributed by atoms with van der Waals surface area (Å²) < 4.78 is 1.73. The molecule has 10 heteroatoms. The lowest BCUT2D eigenvalue weighted by Crippen LogP contribution is -2.44. The van der Waals surface area contributed by atoms with Crippen LogP contribution in [0.15, 0.2) is 29.3 Å². The zero-order valence-electron chi connectivity index (χ0n) is 20.6. The summed E-state index contributed by atoms with van der Waals surface area (Å²) in [6.45, 7) is 9.09. The van der Waals surface area contributed by atoms with Crippen LogP contribution in [0.1, 0.15) is 44.7 Å². The molecule has 1 fully saturated rings. The maximum Gasteiger partial charge on any atom is 0.273 e. The summed E-state index contributed by atoms with van der Waals surface area (Å²) in [5.74, 6) is -0.338. The van der Waals surface area contributed by atoms with E-state index in [0.29, 0.717) is 22.0 Å². The lowest BCUT2D eigenvalue weighted by Gasteiger charge is -2.32. The molecule has 186 valence electrons. The number of amides is 2. The molecule has 1 aromatic carbocycles. The number of hydrogen-bond acceptors (Lipinski definition) is 7. The number of anilines is 2. The zero-order valence-corrected chi connectivity index (χ0v) is 21.4. The monoisotopic (exact) mass is 496 g/mol. The molecule has 2 N–H and O–H groups in total. The summed E-state index contributed by atoms with van der Waals surface area (Å²) in [6.07, 6.45) is 3.88. The lowest BCUT2D eigenvalue weighted by atomic mass is 9.97. The van der Waals surface area contributed by atoms with Crippen molar-refractivity contribution in [3.05, 3.63) is 46.0 Å². The van der Waals surface area contributed by atoms with Gasteiger partial charge >= 0.3 is 0 Å². The zero-order chi connectivity index (χ0) is 25.1. The lowest BCUT2D eigenvalue weighted by molar-refractivity contribution is -0.125. The number of carbonyl (C=O) groups is 2. The van der Waals surface area contributed by atoms with Crippen molar-refractivity contribution >= 4 is 44.3 Å². The number of nitrogens with zero attached hydrogens (tertiary/aromatic N) is 4. The third-order valence-electron chi connectivity index (χ3n) is 6.18. The fourth-order valence-corrected chi connectivity index (χ4v) is 5.39. The summed E-state index contributed by atoms with van der Waals surface area (Å²) in [4.78, 5) is 49.3. The molecule has 9 nitrogen and oxygen atoms in total. The van der Waals surface area contributed by atoms with Gasteiger partial charge in [-0.2, -0.15) is 4.98 Å². The Morgan fingerprint density at radius 2 is 2.09 bits per heavy atom. The topological polar surface area (TPSA) is 109 Å². The minimum Gasteiger partial charge on any atom is -0.354 e. The van der Waals surface area contributed by atoms with Crippen LogP contribution < -0.4 is 21.1 Å².